The summed E-state index contributed by atoms with van der Waals surface area (Å²) in [7, 11) is 0. The molecule has 12 rings (SSSR count). The first-order valence-corrected chi connectivity index (χ1v) is 22.5. The SMILES string of the molecule is Fc1cc(F)cc(-c2cc(-n3c4cc(-c5ccccc5)ccc4c4ccc(-c5ccccc5)cc43)c(C(F)(F)F)c(-n3c4cc(=C5C=CC=CC5)ccc4c4ccc(=C5C=CC=CC5)cc43)c2)c1. The molecule has 0 atom stereocenters. The van der Waals surface area contributed by atoms with Gasteiger partial charge in [0.05, 0.1) is 33.4 Å². The van der Waals surface area contributed by atoms with E-state index in [9.17, 15) is 0 Å². The number of hydrogen-bond donors (Lipinski definition) is 0. The number of allylic oxidation sites excluding steroid dienone is 8. The van der Waals surface area contributed by atoms with E-state index < -0.39 is 23.4 Å². The highest BCUT2D eigenvalue weighted by Crippen LogP contribution is 2.47. The van der Waals surface area contributed by atoms with Crippen molar-refractivity contribution in [3.63, 3.8) is 0 Å². The highest BCUT2D eigenvalue weighted by atomic mass is 19.4. The predicted molar refractivity (Wildman–Crippen MR) is 268 cm³/mol. The fourth-order valence-electron chi connectivity index (χ4n) is 10.2. The minimum Gasteiger partial charge on any atom is -0.308 e. The Bertz CT molecular complexity index is 3740. The van der Waals surface area contributed by atoms with Gasteiger partial charge in [0, 0.05) is 27.6 Å². The van der Waals surface area contributed by atoms with Crippen molar-refractivity contribution in [2.24, 2.45) is 0 Å². The highest BCUT2D eigenvalue weighted by molar-refractivity contribution is 6.12. The third-order valence-corrected chi connectivity index (χ3v) is 13.3. The Morgan fingerprint density at radius 2 is 0.779 bits per heavy atom. The standard InChI is InChI=1S/C61H39F5N2/c62-48-29-46(30-49(63)37-48)47-35-58(67-54-31-42(38-13-5-1-6-14-38)21-25-50(54)51-26-22-43(32-55(51)67)39-15-7-2-8-16-39)60(61(64,65)66)59(36-47)68-56-33-44(40-17-9-3-10-18-40)23-27-52(56)53-28-24-45(34-57(53)68)41-19-11-4-12-20-41/h1-17,19,21-37H,18,20H2. The van der Waals surface area contributed by atoms with E-state index in [4.69, 9.17) is 0 Å². The molecule has 0 N–H and O–H groups in total. The molecule has 10 aromatic rings. The molecule has 0 saturated carbocycles. The van der Waals surface area contributed by atoms with Crippen LogP contribution in [0.25, 0.3) is 99.5 Å². The number of benzene rings is 8. The average molecular weight is 895 g/mol. The first-order chi connectivity index (χ1) is 33.2. The number of aromatic nitrogens is 2. The maximum Gasteiger partial charge on any atom is 0.420 e. The van der Waals surface area contributed by atoms with Gasteiger partial charge in [-0.3, -0.25) is 0 Å². The topological polar surface area (TPSA) is 9.86 Å². The van der Waals surface area contributed by atoms with Gasteiger partial charge in [0.25, 0.3) is 0 Å². The second-order valence-electron chi connectivity index (χ2n) is 17.4. The van der Waals surface area contributed by atoms with Crippen molar-refractivity contribution in [2.75, 3.05) is 0 Å². The number of alkyl halides is 3. The average Bonchev–Trinajstić information content (AvgIpc) is 3.87. The Morgan fingerprint density at radius 3 is 1.19 bits per heavy atom. The van der Waals surface area contributed by atoms with Crippen molar-refractivity contribution < 1.29 is 22.0 Å². The second kappa shape index (κ2) is 16.2. The number of rotatable bonds is 5. The van der Waals surface area contributed by atoms with Gasteiger partial charge in [-0.05, 0) is 116 Å². The largest absolute Gasteiger partial charge is 0.420 e. The first-order valence-electron chi connectivity index (χ1n) is 22.5. The second-order valence-corrected chi connectivity index (χ2v) is 17.4. The van der Waals surface area contributed by atoms with Crippen molar-refractivity contribution in [3.05, 3.63) is 240 Å². The third-order valence-electron chi connectivity index (χ3n) is 13.3. The van der Waals surface area contributed by atoms with E-state index in [-0.39, 0.29) is 22.5 Å². The summed E-state index contributed by atoms with van der Waals surface area (Å²) in [5.74, 6) is -1.69. The molecule has 0 fully saturated rings. The molecular formula is C61H39F5N2. The summed E-state index contributed by atoms with van der Waals surface area (Å²) in [4.78, 5) is 0. The monoisotopic (exact) mass is 894 g/mol. The summed E-state index contributed by atoms with van der Waals surface area (Å²) in [6.07, 6.45) is 12.4. The molecule has 2 aromatic heterocycles. The van der Waals surface area contributed by atoms with Crippen LogP contribution in [0.15, 0.2) is 212 Å². The Hall–Kier alpha value is -8.29. The maximum atomic E-state index is 17.0. The molecule has 2 heterocycles. The molecular weight excluding hydrogens is 856 g/mol. The first kappa shape index (κ1) is 41.2. The Kier molecular flexibility index (Phi) is 9.83. The van der Waals surface area contributed by atoms with Crippen molar-refractivity contribution in [1.82, 2.24) is 9.13 Å². The third kappa shape index (κ3) is 7.10. The summed E-state index contributed by atoms with van der Waals surface area (Å²) in [5.41, 5.74) is 6.74. The lowest BCUT2D eigenvalue weighted by molar-refractivity contribution is -0.137. The van der Waals surface area contributed by atoms with Gasteiger partial charge >= 0.3 is 6.18 Å². The lowest BCUT2D eigenvalue weighted by Gasteiger charge is -2.23. The van der Waals surface area contributed by atoms with E-state index >= 15 is 22.0 Å². The fourth-order valence-corrected chi connectivity index (χ4v) is 10.2. The number of halogens is 5. The van der Waals surface area contributed by atoms with Gasteiger partial charge in [0.15, 0.2) is 0 Å². The lowest BCUT2D eigenvalue weighted by Crippen LogP contribution is -2.17. The van der Waals surface area contributed by atoms with Crippen LogP contribution >= 0.6 is 0 Å². The molecule has 8 aromatic carbocycles. The number of hydrogen-bond acceptors (Lipinski definition) is 0. The summed E-state index contributed by atoms with van der Waals surface area (Å²) in [6, 6.07) is 49.2. The van der Waals surface area contributed by atoms with E-state index in [0.717, 1.165) is 71.4 Å². The van der Waals surface area contributed by atoms with Crippen LogP contribution in [0.2, 0.25) is 0 Å². The molecule has 0 saturated heterocycles. The zero-order valence-corrected chi connectivity index (χ0v) is 36.4. The van der Waals surface area contributed by atoms with E-state index in [2.05, 4.69) is 12.2 Å². The molecule has 0 aliphatic heterocycles. The summed E-state index contributed by atoms with van der Waals surface area (Å²) in [5, 5.41) is 4.78. The van der Waals surface area contributed by atoms with E-state index in [0.29, 0.717) is 34.9 Å². The number of nitrogens with zero attached hydrogens (tertiary/aromatic N) is 2. The normalized spacial score (nSPS) is 15.4. The Labute approximate surface area is 388 Å². The molecule has 0 radical (unpaired) electrons. The zero-order chi connectivity index (χ0) is 46.1. The zero-order valence-electron chi connectivity index (χ0n) is 36.4. The molecule has 2 aliphatic carbocycles. The molecule has 0 spiro atoms. The molecule has 0 unspecified atom stereocenters. The molecule has 0 amide bonds. The Balaban J connectivity index is 1.28. The minimum atomic E-state index is -4.96. The van der Waals surface area contributed by atoms with Gasteiger partial charge in [-0.15, -0.1) is 0 Å². The summed E-state index contributed by atoms with van der Waals surface area (Å²) < 4.78 is 85.1. The smallest absolute Gasteiger partial charge is 0.308 e. The fraction of sp³-hybridized carbons (Fsp3) is 0.0492. The van der Waals surface area contributed by atoms with Crippen LogP contribution in [0.3, 0.4) is 0 Å². The minimum absolute atomic E-state index is 0.0981. The van der Waals surface area contributed by atoms with E-state index in [1.54, 1.807) is 9.13 Å². The van der Waals surface area contributed by atoms with Crippen LogP contribution in [-0.2, 0) is 6.18 Å². The molecule has 7 heteroatoms. The molecule has 328 valence electrons. The Morgan fingerprint density at radius 1 is 0.368 bits per heavy atom. The van der Waals surface area contributed by atoms with Gasteiger partial charge < -0.3 is 9.13 Å². The van der Waals surface area contributed by atoms with Crippen molar-refractivity contribution in [1.29, 1.82) is 0 Å². The van der Waals surface area contributed by atoms with Crippen molar-refractivity contribution >= 4 is 54.8 Å². The highest BCUT2D eigenvalue weighted by Gasteiger charge is 2.40. The van der Waals surface area contributed by atoms with E-state index in [1.807, 2.05) is 170 Å². The molecule has 2 aliphatic rings. The van der Waals surface area contributed by atoms with Crippen LogP contribution in [0.5, 0.6) is 0 Å². The molecule has 68 heavy (non-hydrogen) atoms. The van der Waals surface area contributed by atoms with Crippen LogP contribution < -0.4 is 10.4 Å². The van der Waals surface area contributed by atoms with Crippen LogP contribution in [0.4, 0.5) is 22.0 Å². The van der Waals surface area contributed by atoms with Gasteiger partial charge in [-0.1, -0.05) is 158 Å². The molecule has 0 bridgehead atoms. The van der Waals surface area contributed by atoms with E-state index in [1.165, 1.54) is 24.3 Å². The van der Waals surface area contributed by atoms with Gasteiger partial charge in [0.2, 0.25) is 0 Å². The van der Waals surface area contributed by atoms with Gasteiger partial charge in [-0.25, -0.2) is 8.78 Å². The van der Waals surface area contributed by atoms with Crippen molar-refractivity contribution in [2.45, 2.75) is 19.0 Å². The quantitative estimate of drug-likeness (QED) is 0.152. The predicted octanol–water partition coefficient (Wildman–Crippen LogP) is 15.5. The van der Waals surface area contributed by atoms with Gasteiger partial charge in [-0.2, -0.15) is 13.2 Å². The van der Waals surface area contributed by atoms with Crippen molar-refractivity contribution in [3.8, 4) is 44.8 Å². The van der Waals surface area contributed by atoms with Crippen LogP contribution in [-0.4, -0.2) is 9.13 Å². The maximum absolute atomic E-state index is 17.0. The molecule has 2 nitrogen and oxygen atoms in total. The summed E-state index contributed by atoms with van der Waals surface area (Å²) in [6.45, 7) is 0. The van der Waals surface area contributed by atoms with Crippen LogP contribution in [0.1, 0.15) is 18.4 Å². The summed E-state index contributed by atoms with van der Waals surface area (Å²) >= 11 is 0. The lowest BCUT2D eigenvalue weighted by atomic mass is 9.98. The number of fused-ring (bicyclic) bond motifs is 6. The van der Waals surface area contributed by atoms with Gasteiger partial charge in [0.1, 0.15) is 17.2 Å². The van der Waals surface area contributed by atoms with Crippen LogP contribution in [0, 0.1) is 11.6 Å².